The molecule has 0 aromatic heterocycles. The van der Waals surface area contributed by atoms with Crippen LogP contribution in [0.25, 0.3) is 0 Å². The van der Waals surface area contributed by atoms with Gasteiger partial charge in [0, 0.05) is 30.1 Å². The second-order valence-corrected chi connectivity index (χ2v) is 7.12. The first-order valence-corrected chi connectivity index (χ1v) is 9.67. The number of thioether (sulfide) groups is 1. The highest BCUT2D eigenvalue weighted by molar-refractivity contribution is 7.98. The number of likely N-dealkylation sites (tertiary alicyclic amines) is 1. The van der Waals surface area contributed by atoms with Gasteiger partial charge < -0.3 is 15.0 Å². The van der Waals surface area contributed by atoms with E-state index >= 15 is 0 Å². The lowest BCUT2D eigenvalue weighted by molar-refractivity contribution is -0.128. The van der Waals surface area contributed by atoms with Crippen LogP contribution in [0.4, 0.5) is 5.69 Å². The van der Waals surface area contributed by atoms with Crippen LogP contribution in [0.15, 0.2) is 53.4 Å². The third kappa shape index (κ3) is 4.38. The van der Waals surface area contributed by atoms with Gasteiger partial charge in [0.25, 0.3) is 0 Å². The third-order valence-corrected chi connectivity index (χ3v) is 5.18. The summed E-state index contributed by atoms with van der Waals surface area (Å²) < 4.78 is 5.15. The van der Waals surface area contributed by atoms with Gasteiger partial charge in [-0.2, -0.15) is 0 Å². The summed E-state index contributed by atoms with van der Waals surface area (Å²) in [6.45, 7) is 0.952. The number of carbonyl (C=O) groups is 2. The van der Waals surface area contributed by atoms with Crippen molar-refractivity contribution in [3.8, 4) is 5.75 Å². The lowest BCUT2D eigenvalue weighted by atomic mass is 10.1. The molecule has 0 radical (unpaired) electrons. The average molecular weight is 370 g/mol. The van der Waals surface area contributed by atoms with E-state index in [9.17, 15) is 9.59 Å². The van der Waals surface area contributed by atoms with Crippen LogP contribution < -0.4 is 10.1 Å². The minimum Gasteiger partial charge on any atom is -0.497 e. The zero-order chi connectivity index (χ0) is 18.5. The first kappa shape index (κ1) is 18.3. The monoisotopic (exact) mass is 370 g/mol. The van der Waals surface area contributed by atoms with Gasteiger partial charge in [-0.25, -0.2) is 0 Å². The SMILES string of the molecule is COc1ccc(CN2CC(C(=O)Nc3cccc(SC)c3)CC2=O)cc1. The van der Waals surface area contributed by atoms with Crippen LogP contribution in [0, 0.1) is 5.92 Å². The van der Waals surface area contributed by atoms with Gasteiger partial charge in [-0.1, -0.05) is 18.2 Å². The molecule has 1 aliphatic heterocycles. The molecule has 26 heavy (non-hydrogen) atoms. The highest BCUT2D eigenvalue weighted by Crippen LogP contribution is 2.24. The molecule has 2 amide bonds. The Hall–Kier alpha value is -2.47. The van der Waals surface area contributed by atoms with Crippen molar-refractivity contribution in [2.75, 3.05) is 25.2 Å². The predicted molar refractivity (Wildman–Crippen MR) is 103 cm³/mol. The van der Waals surface area contributed by atoms with Crippen molar-refractivity contribution in [3.05, 3.63) is 54.1 Å². The van der Waals surface area contributed by atoms with Crippen LogP contribution in [-0.4, -0.2) is 36.6 Å². The maximum absolute atomic E-state index is 12.5. The second-order valence-electron chi connectivity index (χ2n) is 6.24. The number of benzene rings is 2. The number of ether oxygens (including phenoxy) is 1. The van der Waals surface area contributed by atoms with Gasteiger partial charge in [0.15, 0.2) is 0 Å². The zero-order valence-electron chi connectivity index (χ0n) is 14.9. The molecule has 2 aromatic rings. The number of anilines is 1. The Kier molecular flexibility index (Phi) is 5.83. The first-order valence-electron chi connectivity index (χ1n) is 8.44. The summed E-state index contributed by atoms with van der Waals surface area (Å²) in [5.74, 6) is 0.373. The molecule has 6 heteroatoms. The number of amides is 2. The average Bonchev–Trinajstić information content (AvgIpc) is 3.03. The highest BCUT2D eigenvalue weighted by Gasteiger charge is 2.34. The quantitative estimate of drug-likeness (QED) is 0.792. The van der Waals surface area contributed by atoms with Crippen LogP contribution in [0.2, 0.25) is 0 Å². The van der Waals surface area contributed by atoms with Crippen LogP contribution in [0.3, 0.4) is 0 Å². The Morgan fingerprint density at radius 2 is 2.04 bits per heavy atom. The fourth-order valence-corrected chi connectivity index (χ4v) is 3.46. The van der Waals surface area contributed by atoms with Crippen molar-refractivity contribution in [1.82, 2.24) is 4.90 Å². The summed E-state index contributed by atoms with van der Waals surface area (Å²) in [4.78, 5) is 27.6. The van der Waals surface area contributed by atoms with E-state index in [4.69, 9.17) is 4.74 Å². The molecule has 1 unspecified atom stereocenters. The Bertz CT molecular complexity index is 792. The molecule has 1 atom stereocenters. The molecule has 3 rings (SSSR count). The van der Waals surface area contributed by atoms with Crippen molar-refractivity contribution in [2.24, 2.45) is 5.92 Å². The summed E-state index contributed by atoms with van der Waals surface area (Å²) in [5, 5.41) is 2.93. The first-order chi connectivity index (χ1) is 12.6. The van der Waals surface area contributed by atoms with Gasteiger partial charge in [-0.05, 0) is 42.2 Å². The molecule has 0 aliphatic carbocycles. The summed E-state index contributed by atoms with van der Waals surface area (Å²) in [6, 6.07) is 15.3. The fourth-order valence-electron chi connectivity index (χ4n) is 3.00. The number of hydrogen-bond acceptors (Lipinski definition) is 4. The normalized spacial score (nSPS) is 16.6. The molecule has 1 N–H and O–H groups in total. The Balaban J connectivity index is 1.60. The third-order valence-electron chi connectivity index (χ3n) is 4.46. The lowest BCUT2D eigenvalue weighted by Gasteiger charge is -2.17. The van der Waals surface area contributed by atoms with E-state index in [1.165, 1.54) is 0 Å². The van der Waals surface area contributed by atoms with Crippen LogP contribution in [0.1, 0.15) is 12.0 Å². The highest BCUT2D eigenvalue weighted by atomic mass is 32.2. The molecule has 2 aromatic carbocycles. The van der Waals surface area contributed by atoms with Gasteiger partial charge in [0.1, 0.15) is 5.75 Å². The molecular weight excluding hydrogens is 348 g/mol. The Morgan fingerprint density at radius 3 is 2.73 bits per heavy atom. The molecular formula is C20H22N2O3S. The van der Waals surface area contributed by atoms with Crippen LogP contribution in [0.5, 0.6) is 5.75 Å². The molecule has 0 bridgehead atoms. The van der Waals surface area contributed by atoms with E-state index < -0.39 is 0 Å². The van der Waals surface area contributed by atoms with Gasteiger partial charge in [-0.15, -0.1) is 11.8 Å². The number of nitrogens with one attached hydrogen (secondary N) is 1. The topological polar surface area (TPSA) is 58.6 Å². The molecule has 1 heterocycles. The van der Waals surface area contributed by atoms with Gasteiger partial charge in [-0.3, -0.25) is 9.59 Å². The van der Waals surface area contributed by atoms with Crippen molar-refractivity contribution >= 4 is 29.3 Å². The minimum absolute atomic E-state index is 0.0128. The van der Waals surface area contributed by atoms with Gasteiger partial charge in [0.2, 0.25) is 11.8 Å². The smallest absolute Gasteiger partial charge is 0.229 e. The van der Waals surface area contributed by atoms with E-state index in [1.807, 2.05) is 54.8 Å². The molecule has 136 valence electrons. The largest absolute Gasteiger partial charge is 0.497 e. The van der Waals surface area contributed by atoms with Crippen molar-refractivity contribution in [1.29, 1.82) is 0 Å². The molecule has 1 fully saturated rings. The summed E-state index contributed by atoms with van der Waals surface area (Å²) >= 11 is 1.62. The number of hydrogen-bond donors (Lipinski definition) is 1. The van der Waals surface area contributed by atoms with Crippen LogP contribution >= 0.6 is 11.8 Å². The number of carbonyl (C=O) groups excluding carboxylic acids is 2. The standard InChI is InChI=1S/C20H22N2O3S/c1-25-17-8-6-14(7-9-17)12-22-13-15(10-19(22)23)20(24)21-16-4-3-5-18(11-16)26-2/h3-9,11,15H,10,12-13H2,1-2H3,(H,21,24). The number of rotatable bonds is 6. The predicted octanol–water partition coefficient (Wildman–Crippen LogP) is 3.40. The fraction of sp³-hybridized carbons (Fsp3) is 0.300. The summed E-state index contributed by atoms with van der Waals surface area (Å²) in [7, 11) is 1.62. The Morgan fingerprint density at radius 1 is 1.27 bits per heavy atom. The molecule has 0 spiro atoms. The van der Waals surface area contributed by atoms with Crippen molar-refractivity contribution in [2.45, 2.75) is 17.9 Å². The van der Waals surface area contributed by atoms with E-state index in [-0.39, 0.29) is 24.2 Å². The van der Waals surface area contributed by atoms with Crippen LogP contribution in [-0.2, 0) is 16.1 Å². The number of nitrogens with zero attached hydrogens (tertiary/aromatic N) is 1. The molecule has 1 aliphatic rings. The Labute approximate surface area is 157 Å². The molecule has 5 nitrogen and oxygen atoms in total. The zero-order valence-corrected chi connectivity index (χ0v) is 15.7. The maximum atomic E-state index is 12.5. The summed E-state index contributed by atoms with van der Waals surface area (Å²) in [6.07, 6.45) is 2.25. The van der Waals surface area contributed by atoms with Gasteiger partial charge in [0.05, 0.1) is 13.0 Å². The van der Waals surface area contributed by atoms with E-state index in [1.54, 1.807) is 23.8 Å². The van der Waals surface area contributed by atoms with Crippen molar-refractivity contribution < 1.29 is 14.3 Å². The van der Waals surface area contributed by atoms with Crippen molar-refractivity contribution in [3.63, 3.8) is 0 Å². The lowest BCUT2D eigenvalue weighted by Crippen LogP contribution is -2.28. The van der Waals surface area contributed by atoms with Gasteiger partial charge >= 0.3 is 0 Å². The maximum Gasteiger partial charge on any atom is 0.229 e. The molecule has 1 saturated heterocycles. The summed E-state index contributed by atoms with van der Waals surface area (Å²) in [5.41, 5.74) is 1.79. The number of methoxy groups -OCH3 is 1. The second kappa shape index (κ2) is 8.27. The van der Waals surface area contributed by atoms with E-state index in [0.717, 1.165) is 21.9 Å². The minimum atomic E-state index is -0.321. The van der Waals surface area contributed by atoms with E-state index in [2.05, 4.69) is 5.32 Å². The van der Waals surface area contributed by atoms with E-state index in [0.29, 0.717) is 13.1 Å². The molecule has 0 saturated carbocycles.